The lowest BCUT2D eigenvalue weighted by molar-refractivity contribution is -0.385. The minimum absolute atomic E-state index is 0.00700. The molecule has 1 aliphatic heterocycles. The summed E-state index contributed by atoms with van der Waals surface area (Å²) in [6.45, 7) is 1.56. The number of nitrogens with one attached hydrogen (secondary N) is 1. The summed E-state index contributed by atoms with van der Waals surface area (Å²) in [4.78, 5) is 36.7. The summed E-state index contributed by atoms with van der Waals surface area (Å²) < 4.78 is 15.4. The molecule has 13 heteroatoms. The number of para-hydroxylation sites is 2. The lowest BCUT2D eigenvalue weighted by atomic mass is 10.2. The van der Waals surface area contributed by atoms with Crippen LogP contribution >= 0.6 is 23.5 Å². The molecular formula is C30H28N4O7S2. The van der Waals surface area contributed by atoms with Crippen LogP contribution in [0.25, 0.3) is 0 Å². The zero-order chi connectivity index (χ0) is 30.8. The molecule has 0 aromatic heterocycles. The number of carbonyl (C=O) groups is 2. The smallest absolute Gasteiger partial charge is 0.344 e. The molecule has 11 nitrogen and oxygen atoms in total. The predicted octanol–water partition coefficient (Wildman–Crippen LogP) is 6.02. The standard InChI is InChI=1S/C16H16N2O5S.C14H12N2O2S/c1-2-22-16(19)10-23-14-9-11(7-8-13(14)18(20)21)24-15-6-4-3-5-12(15)17;15-10-3-1-2-4-13(10)19-9-5-6-11-12(7-9)18-8-14(17)16-11/h3-9H,2,10,17H2,1H3;1-7H,8,15H2,(H,16,17). The number of nitro benzene ring substituents is 1. The van der Waals surface area contributed by atoms with Crippen LogP contribution in [0.5, 0.6) is 11.5 Å². The zero-order valence-electron chi connectivity index (χ0n) is 23.0. The number of hydrogen-bond acceptors (Lipinski definition) is 11. The maximum absolute atomic E-state index is 11.4. The predicted molar refractivity (Wildman–Crippen MR) is 166 cm³/mol. The molecule has 43 heavy (non-hydrogen) atoms. The Morgan fingerprint density at radius 2 is 1.56 bits per heavy atom. The van der Waals surface area contributed by atoms with Crippen LogP contribution < -0.4 is 26.3 Å². The summed E-state index contributed by atoms with van der Waals surface area (Å²) in [6, 6.07) is 25.1. The van der Waals surface area contributed by atoms with Crippen LogP contribution in [-0.2, 0) is 14.3 Å². The quantitative estimate of drug-likeness (QED) is 0.0865. The molecular weight excluding hydrogens is 592 g/mol. The van der Waals surface area contributed by atoms with Gasteiger partial charge < -0.3 is 31.0 Å². The first-order valence-electron chi connectivity index (χ1n) is 12.9. The lowest BCUT2D eigenvalue weighted by Gasteiger charge is -2.18. The molecule has 4 aromatic rings. The molecule has 0 unspecified atom stereocenters. The van der Waals surface area contributed by atoms with Gasteiger partial charge in [0.25, 0.3) is 5.91 Å². The molecule has 0 saturated carbocycles. The third kappa shape index (κ3) is 8.80. The van der Waals surface area contributed by atoms with Crippen molar-refractivity contribution in [2.45, 2.75) is 26.5 Å². The molecule has 0 bridgehead atoms. The topological polar surface area (TPSA) is 169 Å². The van der Waals surface area contributed by atoms with Gasteiger partial charge in [0.05, 0.1) is 17.2 Å². The number of ether oxygens (including phenoxy) is 3. The average molecular weight is 621 g/mol. The fourth-order valence-corrected chi connectivity index (χ4v) is 5.46. The number of nitrogens with two attached hydrogens (primary N) is 2. The molecule has 0 radical (unpaired) electrons. The van der Waals surface area contributed by atoms with E-state index in [9.17, 15) is 19.7 Å². The van der Waals surface area contributed by atoms with Crippen molar-refractivity contribution in [3.63, 3.8) is 0 Å². The van der Waals surface area contributed by atoms with E-state index in [-0.39, 0.29) is 30.6 Å². The van der Waals surface area contributed by atoms with E-state index in [1.54, 1.807) is 30.8 Å². The number of fused-ring (bicyclic) bond motifs is 1. The van der Waals surface area contributed by atoms with Gasteiger partial charge in [-0.3, -0.25) is 14.9 Å². The summed E-state index contributed by atoms with van der Waals surface area (Å²) in [5.41, 5.74) is 13.7. The van der Waals surface area contributed by atoms with Crippen LogP contribution in [0.1, 0.15) is 6.92 Å². The Labute approximate surface area is 256 Å². The summed E-state index contributed by atoms with van der Waals surface area (Å²) >= 11 is 2.92. The molecule has 1 heterocycles. The van der Waals surface area contributed by atoms with Crippen LogP contribution in [0.3, 0.4) is 0 Å². The van der Waals surface area contributed by atoms with Crippen molar-refractivity contribution in [1.82, 2.24) is 0 Å². The molecule has 1 aliphatic rings. The zero-order valence-corrected chi connectivity index (χ0v) is 24.6. The van der Waals surface area contributed by atoms with Gasteiger partial charge in [0, 0.05) is 43.1 Å². The molecule has 0 atom stereocenters. The van der Waals surface area contributed by atoms with Crippen molar-refractivity contribution < 1.29 is 28.7 Å². The minimum Gasteiger partial charge on any atom is -0.482 e. The highest BCUT2D eigenvalue weighted by Crippen LogP contribution is 2.38. The number of nitrogens with zero attached hydrogens (tertiary/aromatic N) is 1. The number of amides is 1. The van der Waals surface area contributed by atoms with Crippen molar-refractivity contribution in [2.75, 3.05) is 36.6 Å². The average Bonchev–Trinajstić information content (AvgIpc) is 2.99. The third-order valence-electron chi connectivity index (χ3n) is 5.66. The first kappa shape index (κ1) is 31.1. The Balaban J connectivity index is 0.000000202. The maximum Gasteiger partial charge on any atom is 0.344 e. The van der Waals surface area contributed by atoms with E-state index in [1.807, 2.05) is 60.7 Å². The number of nitrogen functional groups attached to an aromatic ring is 2. The second-order valence-electron chi connectivity index (χ2n) is 8.75. The monoisotopic (exact) mass is 620 g/mol. The third-order valence-corrected chi connectivity index (χ3v) is 7.82. The largest absolute Gasteiger partial charge is 0.482 e. The molecule has 0 saturated heterocycles. The Bertz CT molecular complexity index is 1630. The lowest BCUT2D eigenvalue weighted by Crippen LogP contribution is -2.25. The SMILES string of the molecule is CCOC(=O)COc1cc(Sc2ccccc2N)ccc1[N+](=O)[O-].Nc1ccccc1Sc1ccc2c(c1)OCC(=O)N2. The van der Waals surface area contributed by atoms with Crippen LogP contribution in [0.15, 0.2) is 105 Å². The molecule has 5 N–H and O–H groups in total. The van der Waals surface area contributed by atoms with E-state index in [0.29, 0.717) is 22.0 Å². The Kier molecular flexibility index (Phi) is 10.7. The van der Waals surface area contributed by atoms with E-state index in [1.165, 1.54) is 23.9 Å². The van der Waals surface area contributed by atoms with Crippen molar-refractivity contribution in [3.8, 4) is 11.5 Å². The van der Waals surface area contributed by atoms with E-state index in [0.717, 1.165) is 20.4 Å². The normalized spacial score (nSPS) is 11.6. The van der Waals surface area contributed by atoms with E-state index >= 15 is 0 Å². The molecule has 0 aliphatic carbocycles. The molecule has 5 rings (SSSR count). The maximum atomic E-state index is 11.4. The molecule has 0 fully saturated rings. The highest BCUT2D eigenvalue weighted by molar-refractivity contribution is 7.99. The second kappa shape index (κ2) is 14.8. The number of rotatable bonds is 9. The van der Waals surface area contributed by atoms with Crippen LogP contribution in [0, 0.1) is 10.1 Å². The fraction of sp³-hybridized carbons (Fsp3) is 0.133. The first-order chi connectivity index (χ1) is 20.7. The molecule has 0 spiro atoms. The van der Waals surface area contributed by atoms with Gasteiger partial charge in [0.1, 0.15) is 5.75 Å². The van der Waals surface area contributed by atoms with Gasteiger partial charge in [0.2, 0.25) is 0 Å². The molecule has 222 valence electrons. The minimum atomic E-state index is -0.586. The molecule has 1 amide bonds. The van der Waals surface area contributed by atoms with Gasteiger partial charge >= 0.3 is 11.7 Å². The van der Waals surface area contributed by atoms with Crippen molar-refractivity contribution in [3.05, 3.63) is 95.0 Å². The fourth-order valence-electron chi connectivity index (χ4n) is 3.68. The van der Waals surface area contributed by atoms with Gasteiger partial charge in [-0.1, -0.05) is 47.8 Å². The van der Waals surface area contributed by atoms with Crippen molar-refractivity contribution >= 4 is 58.1 Å². The highest BCUT2D eigenvalue weighted by atomic mass is 32.2. The van der Waals surface area contributed by atoms with Gasteiger partial charge in [-0.25, -0.2) is 4.79 Å². The Hall–Kier alpha value is -4.88. The number of anilines is 3. The summed E-state index contributed by atoms with van der Waals surface area (Å²) in [7, 11) is 0. The Morgan fingerprint density at radius 1 is 0.953 bits per heavy atom. The van der Waals surface area contributed by atoms with Gasteiger partial charge in [-0.15, -0.1) is 0 Å². The van der Waals surface area contributed by atoms with E-state index < -0.39 is 17.5 Å². The second-order valence-corrected chi connectivity index (χ2v) is 11.0. The van der Waals surface area contributed by atoms with Gasteiger partial charge in [-0.2, -0.15) is 0 Å². The van der Waals surface area contributed by atoms with Gasteiger partial charge in [0.15, 0.2) is 19.0 Å². The van der Waals surface area contributed by atoms with Crippen molar-refractivity contribution in [1.29, 1.82) is 0 Å². The number of esters is 1. The Morgan fingerprint density at radius 3 is 2.16 bits per heavy atom. The van der Waals surface area contributed by atoms with Crippen LogP contribution in [0.4, 0.5) is 22.7 Å². The number of carbonyl (C=O) groups excluding carboxylic acids is 2. The van der Waals surface area contributed by atoms with Crippen LogP contribution in [-0.4, -0.2) is 36.6 Å². The number of nitro groups is 1. The van der Waals surface area contributed by atoms with Gasteiger partial charge in [-0.05, 0) is 55.5 Å². The van der Waals surface area contributed by atoms with Crippen molar-refractivity contribution in [2.24, 2.45) is 0 Å². The number of benzene rings is 4. The van der Waals surface area contributed by atoms with E-state index in [2.05, 4.69) is 5.32 Å². The van der Waals surface area contributed by atoms with Crippen LogP contribution in [0.2, 0.25) is 0 Å². The molecule has 4 aromatic carbocycles. The first-order valence-corrected chi connectivity index (χ1v) is 14.5. The number of hydrogen-bond donors (Lipinski definition) is 3. The highest BCUT2D eigenvalue weighted by Gasteiger charge is 2.18. The summed E-state index contributed by atoms with van der Waals surface area (Å²) in [5, 5.41) is 13.9. The van der Waals surface area contributed by atoms with E-state index in [4.69, 9.17) is 25.7 Å². The summed E-state index contributed by atoms with van der Waals surface area (Å²) in [5.74, 6) is -0.0102. The summed E-state index contributed by atoms with van der Waals surface area (Å²) in [6.07, 6.45) is 0.